The zero-order valence-corrected chi connectivity index (χ0v) is 24.0. The van der Waals surface area contributed by atoms with Gasteiger partial charge >= 0.3 is 10.4 Å². The number of rotatable bonds is 9. The van der Waals surface area contributed by atoms with Crippen molar-refractivity contribution in [2.24, 2.45) is 5.92 Å². The summed E-state index contributed by atoms with van der Waals surface area (Å²) < 4.78 is 37.5. The topological polar surface area (TPSA) is 152 Å². The lowest BCUT2D eigenvalue weighted by atomic mass is 10.0. The molecule has 4 N–H and O–H groups in total. The maximum atomic E-state index is 13.6. The quantitative estimate of drug-likeness (QED) is 0.281. The molecule has 1 aromatic carbocycles. The molecule has 2 aromatic heterocycles. The summed E-state index contributed by atoms with van der Waals surface area (Å²) in [5, 5.41) is 16.6. The third-order valence-corrected chi connectivity index (χ3v) is 9.32. The number of fused-ring (bicyclic) bond motifs is 1. The van der Waals surface area contributed by atoms with Crippen molar-refractivity contribution in [2.45, 2.75) is 37.6 Å². The number of aromatic nitrogens is 3. The number of benzene rings is 1. The van der Waals surface area contributed by atoms with Crippen LogP contribution in [0, 0.1) is 17.2 Å². The Labute approximate surface area is 235 Å². The van der Waals surface area contributed by atoms with Crippen LogP contribution in [0.4, 0.5) is 17.5 Å². The van der Waals surface area contributed by atoms with Gasteiger partial charge in [0.2, 0.25) is 10.8 Å². The first-order chi connectivity index (χ1) is 19.3. The molecule has 5 rings (SSSR count). The van der Waals surface area contributed by atoms with Gasteiger partial charge in [0, 0.05) is 57.1 Å². The van der Waals surface area contributed by atoms with Crippen LogP contribution in [-0.4, -0.2) is 87.8 Å². The second kappa shape index (κ2) is 12.1. The SMILES string of the molecule is COc1cc([S+](=O)(O)N2CCC(N3CCOCC3)CC2)ccc1Nc1nc(NCC(C)C)c2c(C#N)c[nH]c2n1. The Kier molecular flexibility index (Phi) is 8.53. The van der Waals surface area contributed by atoms with Crippen molar-refractivity contribution in [3.63, 3.8) is 0 Å². The van der Waals surface area contributed by atoms with E-state index in [1.807, 2.05) is 0 Å². The maximum Gasteiger partial charge on any atom is 0.325 e. The minimum absolute atomic E-state index is 0.290. The van der Waals surface area contributed by atoms with Gasteiger partial charge in [0.25, 0.3) is 0 Å². The Morgan fingerprint density at radius 3 is 2.67 bits per heavy atom. The van der Waals surface area contributed by atoms with Crippen molar-refractivity contribution in [2.75, 3.05) is 63.7 Å². The second-order valence-electron chi connectivity index (χ2n) is 10.5. The molecule has 0 bridgehead atoms. The van der Waals surface area contributed by atoms with Crippen molar-refractivity contribution < 1.29 is 18.2 Å². The second-order valence-corrected chi connectivity index (χ2v) is 12.5. The molecule has 3 aromatic rings. The fourth-order valence-electron chi connectivity index (χ4n) is 5.21. The molecule has 2 fully saturated rings. The molecule has 4 heterocycles. The number of ether oxygens (including phenoxy) is 2. The van der Waals surface area contributed by atoms with Crippen LogP contribution in [0.5, 0.6) is 5.75 Å². The molecule has 0 amide bonds. The van der Waals surface area contributed by atoms with Crippen LogP contribution < -0.4 is 15.4 Å². The highest BCUT2D eigenvalue weighted by Crippen LogP contribution is 2.35. The average molecular weight is 570 g/mol. The molecule has 40 heavy (non-hydrogen) atoms. The Bertz CT molecular complexity index is 1420. The van der Waals surface area contributed by atoms with E-state index in [2.05, 4.69) is 50.4 Å². The number of piperidine rings is 1. The van der Waals surface area contributed by atoms with Crippen LogP contribution in [0.3, 0.4) is 0 Å². The molecule has 12 nitrogen and oxygen atoms in total. The Morgan fingerprint density at radius 2 is 2.00 bits per heavy atom. The summed E-state index contributed by atoms with van der Waals surface area (Å²) in [5.41, 5.74) is 1.53. The molecule has 0 radical (unpaired) electrons. The molecule has 0 spiro atoms. The molecule has 0 saturated carbocycles. The largest absolute Gasteiger partial charge is 0.494 e. The fourth-order valence-corrected chi connectivity index (χ4v) is 6.72. The van der Waals surface area contributed by atoms with Crippen LogP contribution >= 0.6 is 0 Å². The molecule has 2 aliphatic heterocycles. The normalized spacial score (nSPS) is 18.9. The summed E-state index contributed by atoms with van der Waals surface area (Å²) in [5.74, 6) is 1.61. The first-order valence-electron chi connectivity index (χ1n) is 13.6. The van der Waals surface area contributed by atoms with Crippen molar-refractivity contribution >= 4 is 38.9 Å². The monoisotopic (exact) mass is 569 g/mol. The van der Waals surface area contributed by atoms with Gasteiger partial charge in [0.1, 0.15) is 23.3 Å². The number of hydrogen-bond donors (Lipinski definition) is 4. The molecule has 214 valence electrons. The van der Waals surface area contributed by atoms with E-state index < -0.39 is 10.4 Å². The number of H-pyrrole nitrogens is 1. The number of hydrogen-bond acceptors (Lipinski definition) is 9. The molecule has 2 saturated heterocycles. The van der Waals surface area contributed by atoms with Crippen LogP contribution in [0.1, 0.15) is 32.3 Å². The number of methoxy groups -OCH3 is 1. The van der Waals surface area contributed by atoms with Crippen molar-refractivity contribution in [1.29, 1.82) is 5.26 Å². The number of nitrogens with one attached hydrogen (secondary N) is 3. The number of nitrogens with zero attached hydrogens (tertiary/aromatic N) is 5. The van der Waals surface area contributed by atoms with E-state index in [-0.39, 0.29) is 0 Å². The first kappa shape index (κ1) is 28.3. The van der Waals surface area contributed by atoms with Crippen molar-refractivity contribution in [3.05, 3.63) is 30.0 Å². The summed E-state index contributed by atoms with van der Waals surface area (Å²) in [6, 6.07) is 7.53. The van der Waals surface area contributed by atoms with Gasteiger partial charge in [-0.1, -0.05) is 18.2 Å². The summed E-state index contributed by atoms with van der Waals surface area (Å²) in [6.45, 7) is 9.26. The Hall–Kier alpha value is -3.28. The molecule has 13 heteroatoms. The molecular weight excluding hydrogens is 532 g/mol. The fraction of sp³-hybridized carbons (Fsp3) is 0.519. The minimum Gasteiger partial charge on any atom is -0.494 e. The smallest absolute Gasteiger partial charge is 0.325 e. The summed E-state index contributed by atoms with van der Waals surface area (Å²) in [7, 11) is -1.92. The van der Waals surface area contributed by atoms with Crippen LogP contribution in [0.2, 0.25) is 0 Å². The predicted octanol–water partition coefficient (Wildman–Crippen LogP) is 3.69. The lowest BCUT2D eigenvalue weighted by molar-refractivity contribution is 0.00577. The Balaban J connectivity index is 1.34. The lowest BCUT2D eigenvalue weighted by Crippen LogP contribution is -2.51. The van der Waals surface area contributed by atoms with Crippen LogP contribution in [0.15, 0.2) is 29.3 Å². The van der Waals surface area contributed by atoms with Gasteiger partial charge in [-0.25, -0.2) is 0 Å². The van der Waals surface area contributed by atoms with E-state index in [1.165, 1.54) is 7.11 Å². The van der Waals surface area contributed by atoms with Gasteiger partial charge in [0.15, 0.2) is 0 Å². The highest BCUT2D eigenvalue weighted by molar-refractivity contribution is 7.95. The highest BCUT2D eigenvalue weighted by Gasteiger charge is 2.42. The number of anilines is 3. The Morgan fingerprint density at radius 1 is 1.25 bits per heavy atom. The third kappa shape index (κ3) is 5.91. The maximum absolute atomic E-state index is 13.6. The number of morpholine rings is 1. The van der Waals surface area contributed by atoms with Crippen LogP contribution in [-0.2, 0) is 19.3 Å². The summed E-state index contributed by atoms with van der Waals surface area (Å²) in [6.07, 6.45) is 3.29. The van der Waals surface area contributed by atoms with Gasteiger partial charge < -0.3 is 25.1 Å². The van der Waals surface area contributed by atoms with Crippen molar-refractivity contribution in [3.8, 4) is 11.8 Å². The lowest BCUT2D eigenvalue weighted by Gasteiger charge is -2.38. The van der Waals surface area contributed by atoms with Crippen molar-refractivity contribution in [1.82, 2.24) is 24.2 Å². The van der Waals surface area contributed by atoms with Gasteiger partial charge in [-0.3, -0.25) is 4.90 Å². The third-order valence-electron chi connectivity index (χ3n) is 7.39. The van der Waals surface area contributed by atoms with Gasteiger partial charge in [-0.2, -0.15) is 19.8 Å². The molecule has 1 atom stereocenters. The molecule has 0 aliphatic carbocycles. The van der Waals surface area contributed by atoms with Gasteiger partial charge in [-0.15, -0.1) is 0 Å². The van der Waals surface area contributed by atoms with E-state index >= 15 is 0 Å². The zero-order chi connectivity index (χ0) is 28.3. The number of nitriles is 1. The molecular formula is C27H37N8O4S+. The first-order valence-corrected chi connectivity index (χ1v) is 15.1. The van der Waals surface area contributed by atoms with E-state index in [9.17, 15) is 14.0 Å². The summed E-state index contributed by atoms with van der Waals surface area (Å²) in [4.78, 5) is 14.9. The van der Waals surface area contributed by atoms with Gasteiger partial charge in [0.05, 0.1) is 37.0 Å². The standard InChI is InChI=1S/C27H36N8O4S/c1-18(2)16-29-25-24-19(15-28)17-30-26(24)33-27(32-25)31-22-5-4-21(14-23(22)38-3)40(36,37)35-8-6-20(7-9-35)34-10-12-39-13-11-34/h4-5,14,17-18,20H,6-13,16H2,1-3H3,(H3-,29,30,31,32,33,36,37)/p+1. The predicted molar refractivity (Wildman–Crippen MR) is 154 cm³/mol. The highest BCUT2D eigenvalue weighted by atomic mass is 32.3. The molecule has 1 unspecified atom stereocenters. The zero-order valence-electron chi connectivity index (χ0n) is 23.1. The minimum atomic E-state index is -3.43. The average Bonchev–Trinajstić information content (AvgIpc) is 3.40. The summed E-state index contributed by atoms with van der Waals surface area (Å²) >= 11 is 0. The molecule has 2 aliphatic rings. The van der Waals surface area contributed by atoms with Crippen LogP contribution in [0.25, 0.3) is 11.0 Å². The van der Waals surface area contributed by atoms with E-state index in [1.54, 1.807) is 28.7 Å². The van der Waals surface area contributed by atoms with E-state index in [4.69, 9.17) is 9.47 Å². The van der Waals surface area contributed by atoms with E-state index in [0.717, 1.165) is 39.1 Å². The number of aromatic amines is 1. The van der Waals surface area contributed by atoms with Gasteiger partial charge in [-0.05, 0) is 29.0 Å². The van der Waals surface area contributed by atoms with E-state index in [0.29, 0.717) is 76.3 Å².